The zero-order chi connectivity index (χ0) is 20.8. The summed E-state index contributed by atoms with van der Waals surface area (Å²) in [6, 6.07) is 15.6. The number of urea groups is 1. The summed E-state index contributed by atoms with van der Waals surface area (Å²) in [5, 5.41) is 8.75. The number of nitrogens with one attached hydrogen (secondary N) is 3. The average Bonchev–Trinajstić information content (AvgIpc) is 3.17. The summed E-state index contributed by atoms with van der Waals surface area (Å²) in [5.74, 6) is -0.246. The Labute approximate surface area is 171 Å². The van der Waals surface area contributed by atoms with E-state index in [9.17, 15) is 14.0 Å². The molecule has 0 spiro atoms. The molecule has 3 N–H and O–H groups in total. The first-order chi connectivity index (χ1) is 14.0. The molecule has 2 aromatic carbocycles. The van der Waals surface area contributed by atoms with Crippen LogP contribution in [0.5, 0.6) is 5.75 Å². The zero-order valence-corrected chi connectivity index (χ0v) is 16.7. The largest absolute Gasteiger partial charge is 0.496 e. The molecule has 29 heavy (non-hydrogen) atoms. The second-order valence-electron chi connectivity index (χ2n) is 6.19. The van der Waals surface area contributed by atoms with Crippen LogP contribution in [-0.4, -0.2) is 19.0 Å². The maximum absolute atomic E-state index is 13.6. The summed E-state index contributed by atoms with van der Waals surface area (Å²) >= 11 is 1.14. The number of ether oxygens (including phenoxy) is 1. The van der Waals surface area contributed by atoms with Crippen LogP contribution in [0.3, 0.4) is 0 Å². The van der Waals surface area contributed by atoms with Crippen molar-refractivity contribution in [3.05, 3.63) is 76.9 Å². The minimum absolute atomic E-state index is 0.328. The van der Waals surface area contributed by atoms with Crippen molar-refractivity contribution in [3.8, 4) is 5.75 Å². The fourth-order valence-electron chi connectivity index (χ4n) is 2.71. The number of amides is 3. The Kier molecular flexibility index (Phi) is 6.46. The van der Waals surface area contributed by atoms with Gasteiger partial charge in [-0.25, -0.2) is 9.18 Å². The van der Waals surface area contributed by atoms with Crippen molar-refractivity contribution < 1.29 is 18.7 Å². The lowest BCUT2D eigenvalue weighted by Gasteiger charge is -2.17. The molecule has 8 heteroatoms. The van der Waals surface area contributed by atoms with E-state index in [0.29, 0.717) is 26.9 Å². The van der Waals surface area contributed by atoms with Crippen LogP contribution in [0.1, 0.15) is 28.2 Å². The Morgan fingerprint density at radius 1 is 1.03 bits per heavy atom. The van der Waals surface area contributed by atoms with Crippen molar-refractivity contribution in [1.82, 2.24) is 5.32 Å². The van der Waals surface area contributed by atoms with E-state index in [-0.39, 0.29) is 5.91 Å². The quantitative estimate of drug-likeness (QED) is 0.530. The highest BCUT2D eigenvalue weighted by Gasteiger charge is 2.17. The molecular formula is C21H20FN3O3S. The number of rotatable bonds is 6. The molecule has 1 unspecified atom stereocenters. The first kappa shape index (κ1) is 20.3. The molecule has 0 aliphatic carbocycles. The molecule has 0 aliphatic rings. The van der Waals surface area contributed by atoms with Gasteiger partial charge in [0, 0.05) is 11.3 Å². The van der Waals surface area contributed by atoms with E-state index < -0.39 is 17.9 Å². The van der Waals surface area contributed by atoms with Crippen molar-refractivity contribution in [2.75, 3.05) is 17.7 Å². The first-order valence-corrected chi connectivity index (χ1v) is 9.65. The van der Waals surface area contributed by atoms with E-state index in [1.54, 1.807) is 31.2 Å². The Morgan fingerprint density at radius 3 is 2.52 bits per heavy atom. The van der Waals surface area contributed by atoms with Gasteiger partial charge in [0.1, 0.15) is 11.6 Å². The van der Waals surface area contributed by atoms with Gasteiger partial charge in [0.15, 0.2) is 0 Å². The monoisotopic (exact) mass is 413 g/mol. The molecule has 3 amide bonds. The molecule has 0 aliphatic heterocycles. The number of methoxy groups -OCH3 is 1. The van der Waals surface area contributed by atoms with E-state index in [0.717, 1.165) is 11.3 Å². The normalized spacial score (nSPS) is 11.4. The van der Waals surface area contributed by atoms with E-state index >= 15 is 0 Å². The molecule has 0 saturated carbocycles. The number of benzene rings is 2. The van der Waals surface area contributed by atoms with Gasteiger partial charge in [-0.1, -0.05) is 18.2 Å². The molecule has 0 radical (unpaired) electrons. The molecule has 6 nitrogen and oxygen atoms in total. The number of para-hydroxylation sites is 1. The number of hydrogen-bond acceptors (Lipinski definition) is 4. The molecule has 0 bridgehead atoms. The van der Waals surface area contributed by atoms with Crippen LogP contribution in [0.15, 0.2) is 60.7 Å². The Balaban J connectivity index is 1.62. The van der Waals surface area contributed by atoms with Gasteiger partial charge in [-0.3, -0.25) is 10.1 Å². The minimum atomic E-state index is -0.465. The topological polar surface area (TPSA) is 79.5 Å². The molecule has 1 aromatic heterocycles. The number of carbonyl (C=O) groups is 2. The van der Waals surface area contributed by atoms with E-state index in [1.807, 2.05) is 18.2 Å². The summed E-state index contributed by atoms with van der Waals surface area (Å²) in [7, 11) is 1.49. The van der Waals surface area contributed by atoms with E-state index in [4.69, 9.17) is 4.74 Å². The Hall–Kier alpha value is -3.39. The number of carbonyl (C=O) groups excluding carboxylic acids is 2. The Morgan fingerprint density at radius 2 is 1.79 bits per heavy atom. The SMILES string of the molecule is COc1ccc(F)cc1C(C)NC(=O)c1ccc(NC(=O)Nc2ccccc2)s1. The van der Waals surface area contributed by atoms with Crippen molar-refractivity contribution in [3.63, 3.8) is 0 Å². The van der Waals surface area contributed by atoms with Crippen LogP contribution >= 0.6 is 11.3 Å². The summed E-state index contributed by atoms with van der Waals surface area (Å²) in [6.45, 7) is 1.75. The van der Waals surface area contributed by atoms with E-state index in [1.165, 1.54) is 25.3 Å². The van der Waals surface area contributed by atoms with Crippen molar-refractivity contribution >= 4 is 34.0 Å². The molecule has 1 heterocycles. The van der Waals surface area contributed by atoms with Gasteiger partial charge < -0.3 is 15.4 Å². The fraction of sp³-hybridized carbons (Fsp3) is 0.143. The number of hydrogen-bond donors (Lipinski definition) is 3. The van der Waals surface area contributed by atoms with Gasteiger partial charge >= 0.3 is 6.03 Å². The van der Waals surface area contributed by atoms with Crippen molar-refractivity contribution in [1.29, 1.82) is 0 Å². The van der Waals surface area contributed by atoms with Crippen LogP contribution in [0, 0.1) is 5.82 Å². The van der Waals surface area contributed by atoms with Crippen molar-refractivity contribution in [2.45, 2.75) is 13.0 Å². The van der Waals surface area contributed by atoms with Gasteiger partial charge in [0.05, 0.1) is 23.0 Å². The molecule has 150 valence electrons. The van der Waals surface area contributed by atoms with E-state index in [2.05, 4.69) is 16.0 Å². The van der Waals surface area contributed by atoms with Crippen LogP contribution in [-0.2, 0) is 0 Å². The number of anilines is 2. The Bertz CT molecular complexity index is 1010. The third-order valence-corrected chi connectivity index (χ3v) is 5.10. The zero-order valence-electron chi connectivity index (χ0n) is 15.9. The summed E-state index contributed by atoms with van der Waals surface area (Å²) in [4.78, 5) is 25.0. The highest BCUT2D eigenvalue weighted by molar-refractivity contribution is 7.18. The predicted molar refractivity (Wildman–Crippen MR) is 112 cm³/mol. The standard InChI is InChI=1S/C21H20FN3O3S/c1-13(16-12-14(22)8-9-17(16)28-2)23-20(26)18-10-11-19(29-18)25-21(27)24-15-6-4-3-5-7-15/h3-13H,1-2H3,(H,23,26)(H2,24,25,27). The molecule has 3 rings (SSSR count). The molecular weight excluding hydrogens is 393 g/mol. The maximum atomic E-state index is 13.6. The number of thiophene rings is 1. The minimum Gasteiger partial charge on any atom is -0.496 e. The fourth-order valence-corrected chi connectivity index (χ4v) is 3.52. The molecule has 0 fully saturated rings. The second kappa shape index (κ2) is 9.20. The third kappa shape index (κ3) is 5.32. The smallest absolute Gasteiger partial charge is 0.324 e. The predicted octanol–water partition coefficient (Wildman–Crippen LogP) is 5.03. The van der Waals surface area contributed by atoms with Gasteiger partial charge in [-0.15, -0.1) is 11.3 Å². The van der Waals surface area contributed by atoms with Crippen LogP contribution in [0.25, 0.3) is 0 Å². The lowest BCUT2D eigenvalue weighted by Crippen LogP contribution is -2.26. The van der Waals surface area contributed by atoms with Crippen molar-refractivity contribution in [2.24, 2.45) is 0 Å². The van der Waals surface area contributed by atoms with Gasteiger partial charge in [0.2, 0.25) is 0 Å². The second-order valence-corrected chi connectivity index (χ2v) is 7.27. The lowest BCUT2D eigenvalue weighted by atomic mass is 10.1. The number of halogens is 1. The van der Waals surface area contributed by atoms with Crippen LogP contribution in [0.2, 0.25) is 0 Å². The third-order valence-electron chi connectivity index (χ3n) is 4.10. The molecule has 1 atom stereocenters. The average molecular weight is 413 g/mol. The van der Waals surface area contributed by atoms with Gasteiger partial charge in [0.25, 0.3) is 5.91 Å². The highest BCUT2D eigenvalue weighted by atomic mass is 32.1. The van der Waals surface area contributed by atoms with Gasteiger partial charge in [-0.05, 0) is 49.4 Å². The maximum Gasteiger partial charge on any atom is 0.324 e. The first-order valence-electron chi connectivity index (χ1n) is 8.83. The summed E-state index contributed by atoms with van der Waals surface area (Å²) < 4.78 is 18.8. The van der Waals surface area contributed by atoms with Gasteiger partial charge in [-0.2, -0.15) is 0 Å². The molecule has 3 aromatic rings. The molecule has 0 saturated heterocycles. The van der Waals surface area contributed by atoms with Crippen LogP contribution < -0.4 is 20.7 Å². The summed E-state index contributed by atoms with van der Waals surface area (Å²) in [6.07, 6.45) is 0. The lowest BCUT2D eigenvalue weighted by molar-refractivity contribution is 0.0943. The highest BCUT2D eigenvalue weighted by Crippen LogP contribution is 2.27. The summed E-state index contributed by atoms with van der Waals surface area (Å²) in [5.41, 5.74) is 1.20. The van der Waals surface area contributed by atoms with Crippen LogP contribution in [0.4, 0.5) is 19.9 Å².